The zero-order valence-electron chi connectivity index (χ0n) is 14.5. The molecular formula is C16H34IN3O. The van der Waals surface area contributed by atoms with Gasteiger partial charge in [-0.2, -0.15) is 0 Å². The zero-order valence-corrected chi connectivity index (χ0v) is 16.9. The molecule has 126 valence electrons. The van der Waals surface area contributed by atoms with Gasteiger partial charge in [-0.3, -0.25) is 4.99 Å². The minimum Gasteiger partial charge on any atom is -0.377 e. The van der Waals surface area contributed by atoms with Gasteiger partial charge in [0.2, 0.25) is 0 Å². The molecule has 2 N–H and O–H groups in total. The van der Waals surface area contributed by atoms with Crippen LogP contribution in [0.4, 0.5) is 0 Å². The van der Waals surface area contributed by atoms with Crippen molar-refractivity contribution in [3.63, 3.8) is 0 Å². The quantitative estimate of drug-likeness (QED) is 0.424. The highest BCUT2D eigenvalue weighted by Gasteiger charge is 2.35. The number of nitrogens with zero attached hydrogens (tertiary/aromatic N) is 1. The predicted octanol–water partition coefficient (Wildman–Crippen LogP) is 3.41. The first kappa shape index (κ1) is 21.0. The van der Waals surface area contributed by atoms with Crippen molar-refractivity contribution in [2.45, 2.75) is 66.0 Å². The van der Waals surface area contributed by atoms with E-state index in [0.29, 0.717) is 18.1 Å². The van der Waals surface area contributed by atoms with Crippen LogP contribution in [0.1, 0.15) is 53.9 Å². The van der Waals surface area contributed by atoms with E-state index in [1.54, 1.807) is 0 Å². The Balaban J connectivity index is 0.00000400. The van der Waals surface area contributed by atoms with Gasteiger partial charge < -0.3 is 15.4 Å². The van der Waals surface area contributed by atoms with E-state index in [-0.39, 0.29) is 29.4 Å². The first-order chi connectivity index (χ1) is 9.38. The third-order valence-corrected chi connectivity index (χ3v) is 4.05. The van der Waals surface area contributed by atoms with Crippen LogP contribution in [0.5, 0.6) is 0 Å². The Morgan fingerprint density at radius 3 is 2.57 bits per heavy atom. The third-order valence-electron chi connectivity index (χ3n) is 4.05. The Morgan fingerprint density at radius 2 is 2.05 bits per heavy atom. The van der Waals surface area contributed by atoms with Gasteiger partial charge in [0.05, 0.1) is 6.10 Å². The Hall–Kier alpha value is -0.0400. The van der Waals surface area contributed by atoms with Crippen LogP contribution in [0, 0.1) is 11.3 Å². The summed E-state index contributed by atoms with van der Waals surface area (Å²) in [7, 11) is 1.83. The number of hydrogen-bond acceptors (Lipinski definition) is 2. The number of halogens is 1. The fourth-order valence-electron chi connectivity index (χ4n) is 2.77. The molecule has 1 aliphatic rings. The van der Waals surface area contributed by atoms with Crippen LogP contribution in [0.2, 0.25) is 0 Å². The maximum Gasteiger partial charge on any atom is 0.191 e. The maximum atomic E-state index is 6.02. The molecule has 21 heavy (non-hydrogen) atoms. The molecule has 5 heteroatoms. The van der Waals surface area contributed by atoms with Crippen molar-refractivity contribution in [1.82, 2.24) is 10.6 Å². The number of nitrogens with one attached hydrogen (secondary N) is 2. The summed E-state index contributed by atoms with van der Waals surface area (Å²) in [5, 5.41) is 6.87. The summed E-state index contributed by atoms with van der Waals surface area (Å²) in [6.07, 6.45) is 3.81. The van der Waals surface area contributed by atoms with Crippen molar-refractivity contribution in [1.29, 1.82) is 0 Å². The normalized spacial score (nSPS) is 25.0. The van der Waals surface area contributed by atoms with E-state index >= 15 is 0 Å². The van der Waals surface area contributed by atoms with Gasteiger partial charge in [-0.15, -0.1) is 24.0 Å². The molecule has 0 aromatic rings. The van der Waals surface area contributed by atoms with E-state index in [0.717, 1.165) is 32.0 Å². The smallest absolute Gasteiger partial charge is 0.191 e. The topological polar surface area (TPSA) is 45.7 Å². The van der Waals surface area contributed by atoms with Gasteiger partial charge in [-0.25, -0.2) is 0 Å². The summed E-state index contributed by atoms with van der Waals surface area (Å²) < 4.78 is 6.02. The molecule has 0 aliphatic carbocycles. The number of guanidine groups is 1. The largest absolute Gasteiger partial charge is 0.377 e. The van der Waals surface area contributed by atoms with E-state index in [4.69, 9.17) is 4.74 Å². The fraction of sp³-hybridized carbons (Fsp3) is 0.938. The summed E-state index contributed by atoms with van der Waals surface area (Å²) in [6, 6.07) is 0.446. The molecule has 1 aliphatic heterocycles. The van der Waals surface area contributed by atoms with Gasteiger partial charge in [-0.1, -0.05) is 27.7 Å². The molecule has 0 spiro atoms. The second kappa shape index (κ2) is 9.87. The first-order valence-corrected chi connectivity index (χ1v) is 7.97. The van der Waals surface area contributed by atoms with Crippen LogP contribution in [-0.4, -0.2) is 38.3 Å². The average Bonchev–Trinajstić information content (AvgIpc) is 2.42. The van der Waals surface area contributed by atoms with E-state index in [1.165, 1.54) is 6.42 Å². The number of ether oxygens (including phenoxy) is 1. The predicted molar refractivity (Wildman–Crippen MR) is 102 cm³/mol. The van der Waals surface area contributed by atoms with Gasteiger partial charge in [0.1, 0.15) is 0 Å². The maximum absolute atomic E-state index is 6.02. The Bertz CT molecular complexity index is 315. The van der Waals surface area contributed by atoms with Crippen molar-refractivity contribution >= 4 is 29.9 Å². The zero-order chi connectivity index (χ0) is 15.2. The van der Waals surface area contributed by atoms with Crippen molar-refractivity contribution in [2.75, 3.05) is 20.2 Å². The molecule has 0 bridgehead atoms. The molecule has 3 unspecified atom stereocenters. The number of aliphatic imine (C=N–C) groups is 1. The minimum atomic E-state index is 0. The molecule has 1 saturated heterocycles. The minimum absolute atomic E-state index is 0. The molecule has 3 atom stereocenters. The Morgan fingerprint density at radius 1 is 1.38 bits per heavy atom. The highest BCUT2D eigenvalue weighted by Crippen LogP contribution is 2.33. The lowest BCUT2D eigenvalue weighted by atomic mass is 9.78. The monoisotopic (exact) mass is 411 g/mol. The fourth-order valence-corrected chi connectivity index (χ4v) is 2.77. The molecule has 0 amide bonds. The second-order valence-corrected chi connectivity index (χ2v) is 6.97. The summed E-state index contributed by atoms with van der Waals surface area (Å²) in [4.78, 5) is 4.30. The van der Waals surface area contributed by atoms with Crippen LogP contribution in [0.3, 0.4) is 0 Å². The molecular weight excluding hydrogens is 377 g/mol. The Kier molecular flexibility index (Phi) is 9.85. The van der Waals surface area contributed by atoms with Crippen LogP contribution in [0.25, 0.3) is 0 Å². The molecule has 1 heterocycles. The molecule has 1 rings (SSSR count). The van der Waals surface area contributed by atoms with Crippen LogP contribution < -0.4 is 10.6 Å². The van der Waals surface area contributed by atoms with Crippen molar-refractivity contribution in [2.24, 2.45) is 16.3 Å². The highest BCUT2D eigenvalue weighted by atomic mass is 127. The lowest BCUT2D eigenvalue weighted by molar-refractivity contribution is -0.0835. The number of hydrogen-bond donors (Lipinski definition) is 2. The van der Waals surface area contributed by atoms with Gasteiger partial charge >= 0.3 is 0 Å². The summed E-state index contributed by atoms with van der Waals surface area (Å²) in [5.74, 6) is 1.46. The van der Waals surface area contributed by atoms with Gasteiger partial charge in [-0.05, 0) is 31.6 Å². The molecule has 4 nitrogen and oxygen atoms in total. The van der Waals surface area contributed by atoms with Crippen LogP contribution in [-0.2, 0) is 4.74 Å². The average molecular weight is 411 g/mol. The van der Waals surface area contributed by atoms with E-state index in [2.05, 4.69) is 50.2 Å². The molecule has 0 radical (unpaired) electrons. The van der Waals surface area contributed by atoms with Crippen molar-refractivity contribution in [3.05, 3.63) is 0 Å². The van der Waals surface area contributed by atoms with Gasteiger partial charge in [0.15, 0.2) is 5.96 Å². The first-order valence-electron chi connectivity index (χ1n) is 7.97. The number of rotatable bonds is 4. The third kappa shape index (κ3) is 7.17. The Labute approximate surface area is 147 Å². The lowest BCUT2D eigenvalue weighted by Crippen LogP contribution is -2.48. The van der Waals surface area contributed by atoms with Gasteiger partial charge in [0.25, 0.3) is 0 Å². The lowest BCUT2D eigenvalue weighted by Gasteiger charge is -2.40. The molecule has 1 fully saturated rings. The molecule has 0 saturated carbocycles. The summed E-state index contributed by atoms with van der Waals surface area (Å²) in [5.41, 5.74) is 0.195. The highest BCUT2D eigenvalue weighted by molar-refractivity contribution is 14.0. The van der Waals surface area contributed by atoms with Gasteiger partial charge in [0, 0.05) is 32.2 Å². The second-order valence-electron chi connectivity index (χ2n) is 6.97. The SMILES string of the molecule is CCC(C)NC(=NC)NCC1CCCOC1C(C)(C)C.I. The van der Waals surface area contributed by atoms with Crippen LogP contribution >= 0.6 is 24.0 Å². The summed E-state index contributed by atoms with van der Waals surface area (Å²) >= 11 is 0. The summed E-state index contributed by atoms with van der Waals surface area (Å²) in [6.45, 7) is 13.0. The van der Waals surface area contributed by atoms with Crippen molar-refractivity contribution < 1.29 is 4.74 Å². The van der Waals surface area contributed by atoms with E-state index in [1.807, 2.05) is 7.05 Å². The molecule has 0 aromatic carbocycles. The molecule has 0 aromatic heterocycles. The van der Waals surface area contributed by atoms with Crippen LogP contribution in [0.15, 0.2) is 4.99 Å². The van der Waals surface area contributed by atoms with E-state index < -0.39 is 0 Å². The van der Waals surface area contributed by atoms with Crippen molar-refractivity contribution in [3.8, 4) is 0 Å². The van der Waals surface area contributed by atoms with E-state index in [9.17, 15) is 0 Å². The standard InChI is InChI=1S/C16H33N3O.HI/c1-7-12(2)19-15(17-6)18-11-13-9-8-10-20-14(13)16(3,4)5;/h12-14H,7-11H2,1-6H3,(H2,17,18,19);1H.